The van der Waals surface area contributed by atoms with Crippen LogP contribution in [0.5, 0.6) is 0 Å². The summed E-state index contributed by atoms with van der Waals surface area (Å²) in [4.78, 5) is 1.54. The Morgan fingerprint density at radius 2 is 2.20 bits per heavy atom. The summed E-state index contributed by atoms with van der Waals surface area (Å²) in [7, 11) is -4.54. The maximum Gasteiger partial charge on any atom is 0.447 e. The minimum Gasteiger partial charge on any atom is -0.506 e. The maximum absolute atomic E-state index is 10.5. The molecule has 0 saturated carbocycles. The maximum atomic E-state index is 10.5. The fraction of sp³-hybridized carbons (Fsp3) is 0.143. The summed E-state index contributed by atoms with van der Waals surface area (Å²) in [6, 6.07) is 0. The molecule has 2 rings (SSSR count). The predicted molar refractivity (Wildman–Crippen MR) is 49.4 cm³/mol. The molecule has 0 bridgehead atoms. The summed E-state index contributed by atoms with van der Waals surface area (Å²) in [5, 5.41) is 11.8. The van der Waals surface area contributed by atoms with Crippen LogP contribution in [0.15, 0.2) is 35.7 Å². The van der Waals surface area contributed by atoms with Gasteiger partial charge in [0, 0.05) is 6.20 Å². The van der Waals surface area contributed by atoms with Crippen LogP contribution < -0.4 is 5.32 Å². The third-order valence-corrected chi connectivity index (χ3v) is 2.22. The van der Waals surface area contributed by atoms with E-state index in [0.717, 1.165) is 0 Å². The van der Waals surface area contributed by atoms with Gasteiger partial charge in [0.05, 0.1) is 6.67 Å². The van der Waals surface area contributed by atoms with Crippen LogP contribution in [0.2, 0.25) is 0 Å². The van der Waals surface area contributed by atoms with Crippen molar-refractivity contribution in [3.05, 3.63) is 35.7 Å². The number of aliphatic hydroxyl groups is 1. The van der Waals surface area contributed by atoms with Crippen molar-refractivity contribution in [2.45, 2.75) is 0 Å². The monoisotopic (exact) mass is 232 g/mol. The number of hydrogen-bond donors (Lipinski definition) is 3. The van der Waals surface area contributed by atoms with Gasteiger partial charge < -0.3 is 19.5 Å². The zero-order valence-electron chi connectivity index (χ0n) is 7.41. The molecule has 0 aromatic heterocycles. The highest BCUT2D eigenvalue weighted by molar-refractivity contribution is 7.81. The Balaban J connectivity index is 2.29. The lowest BCUT2D eigenvalue weighted by molar-refractivity contribution is 0.317. The van der Waals surface area contributed by atoms with Crippen LogP contribution >= 0.6 is 0 Å². The molecule has 0 aromatic carbocycles. The minimum atomic E-state index is -4.54. The SMILES string of the molecule is O=S(=O)(O)OC1=C2C=CC(O)=CN2CN1. The topological polar surface area (TPSA) is 99.1 Å². The average Bonchev–Trinajstić information content (AvgIpc) is 2.45. The highest BCUT2D eigenvalue weighted by Gasteiger charge is 2.25. The molecule has 15 heavy (non-hydrogen) atoms. The van der Waals surface area contributed by atoms with Crippen LogP contribution in [0.3, 0.4) is 0 Å². The average molecular weight is 232 g/mol. The summed E-state index contributed by atoms with van der Waals surface area (Å²) < 4.78 is 33.7. The lowest BCUT2D eigenvalue weighted by Gasteiger charge is -2.16. The second kappa shape index (κ2) is 3.17. The normalized spacial score (nSPS) is 19.8. The van der Waals surface area contributed by atoms with E-state index < -0.39 is 10.4 Å². The molecule has 0 fully saturated rings. The first-order chi connectivity index (χ1) is 6.96. The second-order valence-corrected chi connectivity index (χ2v) is 3.94. The lowest BCUT2D eigenvalue weighted by Crippen LogP contribution is -2.20. The van der Waals surface area contributed by atoms with E-state index in [1.807, 2.05) is 0 Å². The number of aliphatic hydroxyl groups excluding tert-OH is 1. The van der Waals surface area contributed by atoms with Crippen LogP contribution in [0.4, 0.5) is 0 Å². The van der Waals surface area contributed by atoms with E-state index in [0.29, 0.717) is 5.70 Å². The number of allylic oxidation sites excluding steroid dienone is 2. The Morgan fingerprint density at radius 1 is 1.47 bits per heavy atom. The third kappa shape index (κ3) is 2.05. The molecule has 8 heteroatoms. The number of rotatable bonds is 2. The molecule has 2 heterocycles. The van der Waals surface area contributed by atoms with Crippen molar-refractivity contribution in [1.82, 2.24) is 10.2 Å². The Bertz CT molecular complexity index is 476. The van der Waals surface area contributed by atoms with Crippen molar-refractivity contribution < 1.29 is 22.3 Å². The molecule has 0 aliphatic carbocycles. The molecule has 7 nitrogen and oxygen atoms in total. The van der Waals surface area contributed by atoms with Gasteiger partial charge in [-0.3, -0.25) is 4.55 Å². The predicted octanol–water partition coefficient (Wildman–Crippen LogP) is -0.193. The molecule has 0 atom stereocenters. The van der Waals surface area contributed by atoms with Gasteiger partial charge in [-0.15, -0.1) is 0 Å². The zero-order chi connectivity index (χ0) is 11.1. The fourth-order valence-corrected chi connectivity index (χ4v) is 1.65. The lowest BCUT2D eigenvalue weighted by atomic mass is 10.3. The van der Waals surface area contributed by atoms with E-state index in [2.05, 4.69) is 9.50 Å². The third-order valence-electron chi connectivity index (χ3n) is 1.84. The molecule has 2 aliphatic heterocycles. The van der Waals surface area contributed by atoms with Crippen molar-refractivity contribution >= 4 is 10.4 Å². The summed E-state index contributed by atoms with van der Waals surface area (Å²) in [6.45, 7) is 0.259. The van der Waals surface area contributed by atoms with Crippen molar-refractivity contribution in [1.29, 1.82) is 0 Å². The van der Waals surface area contributed by atoms with Crippen molar-refractivity contribution in [2.24, 2.45) is 0 Å². The first-order valence-corrected chi connectivity index (χ1v) is 5.33. The Hall–Kier alpha value is -1.67. The Kier molecular flexibility index (Phi) is 2.09. The number of nitrogens with zero attached hydrogens (tertiary/aromatic N) is 1. The van der Waals surface area contributed by atoms with Gasteiger partial charge in [0.1, 0.15) is 11.5 Å². The van der Waals surface area contributed by atoms with Gasteiger partial charge in [-0.2, -0.15) is 8.42 Å². The van der Waals surface area contributed by atoms with Crippen molar-refractivity contribution in [2.75, 3.05) is 6.67 Å². The number of nitrogens with one attached hydrogen (secondary N) is 1. The van der Waals surface area contributed by atoms with E-state index in [1.54, 1.807) is 0 Å². The minimum absolute atomic E-state index is 0.0497. The van der Waals surface area contributed by atoms with Gasteiger partial charge in [0.15, 0.2) is 0 Å². The number of fused-ring (bicyclic) bond motifs is 1. The molecule has 0 saturated heterocycles. The van der Waals surface area contributed by atoms with E-state index in [4.69, 9.17) is 9.66 Å². The van der Waals surface area contributed by atoms with Crippen LogP contribution in [0.25, 0.3) is 0 Å². The molecule has 0 radical (unpaired) electrons. The first kappa shape index (κ1) is 9.87. The van der Waals surface area contributed by atoms with Crippen LogP contribution in [0, 0.1) is 0 Å². The van der Waals surface area contributed by atoms with E-state index in [1.165, 1.54) is 23.3 Å². The van der Waals surface area contributed by atoms with Gasteiger partial charge in [0.25, 0.3) is 0 Å². The largest absolute Gasteiger partial charge is 0.506 e. The van der Waals surface area contributed by atoms with Gasteiger partial charge in [-0.25, -0.2) is 0 Å². The van der Waals surface area contributed by atoms with Gasteiger partial charge in [-0.05, 0) is 12.2 Å². The molecule has 0 unspecified atom stereocenters. The highest BCUT2D eigenvalue weighted by Crippen LogP contribution is 2.23. The molecule has 2 aliphatic rings. The molecule has 0 spiro atoms. The highest BCUT2D eigenvalue weighted by atomic mass is 32.3. The van der Waals surface area contributed by atoms with E-state index >= 15 is 0 Å². The smallest absolute Gasteiger partial charge is 0.447 e. The molecule has 3 N–H and O–H groups in total. The molecule has 0 aromatic rings. The van der Waals surface area contributed by atoms with E-state index in [9.17, 15) is 8.42 Å². The summed E-state index contributed by atoms with van der Waals surface area (Å²) in [5.41, 5.74) is 0.422. The van der Waals surface area contributed by atoms with Crippen LogP contribution in [-0.4, -0.2) is 29.6 Å². The molecule has 82 valence electrons. The van der Waals surface area contributed by atoms with Gasteiger partial charge in [0.2, 0.25) is 5.88 Å². The fourth-order valence-electron chi connectivity index (χ4n) is 1.29. The summed E-state index contributed by atoms with van der Waals surface area (Å²) >= 11 is 0. The summed E-state index contributed by atoms with van der Waals surface area (Å²) in [5.74, 6) is -0.0221. The molecule has 0 amide bonds. The number of hydrogen-bond acceptors (Lipinski definition) is 6. The first-order valence-electron chi connectivity index (χ1n) is 3.96. The van der Waals surface area contributed by atoms with Gasteiger partial charge in [-0.1, -0.05) is 0 Å². The van der Waals surface area contributed by atoms with Crippen molar-refractivity contribution in [3.8, 4) is 0 Å². The summed E-state index contributed by atoms with van der Waals surface area (Å²) in [6.07, 6.45) is 4.25. The second-order valence-electron chi connectivity index (χ2n) is 2.92. The quantitative estimate of drug-likeness (QED) is 0.567. The van der Waals surface area contributed by atoms with E-state index in [-0.39, 0.29) is 18.3 Å². The van der Waals surface area contributed by atoms with Gasteiger partial charge >= 0.3 is 10.4 Å². The van der Waals surface area contributed by atoms with Crippen LogP contribution in [0.1, 0.15) is 0 Å². The molecular weight excluding hydrogens is 224 g/mol. The Morgan fingerprint density at radius 3 is 2.87 bits per heavy atom. The Labute approximate surface area is 85.9 Å². The van der Waals surface area contributed by atoms with Crippen LogP contribution in [-0.2, 0) is 14.6 Å². The molecular formula is C7H8N2O5S. The zero-order valence-corrected chi connectivity index (χ0v) is 8.23. The van der Waals surface area contributed by atoms with Crippen molar-refractivity contribution in [3.63, 3.8) is 0 Å². The standard InChI is InChI=1S/C7H8N2O5S/c10-5-1-2-6-7(14-15(11,12)13)8-4-9(6)3-5/h1-3,8,10H,4H2,(H,11,12,13).